The molecule has 0 aromatic heterocycles. The number of halogens is 1. The molecule has 0 aliphatic rings. The van der Waals surface area contributed by atoms with E-state index in [-0.39, 0.29) is 5.82 Å². The van der Waals surface area contributed by atoms with E-state index < -0.39 is 0 Å². The second kappa shape index (κ2) is 6.58. The Morgan fingerprint density at radius 3 is 2.20 bits per heavy atom. The Balaban J connectivity index is 1.78. The first-order valence-electron chi connectivity index (χ1n) is 6.21. The van der Waals surface area contributed by atoms with Crippen molar-refractivity contribution < 1.29 is 13.9 Å². The van der Waals surface area contributed by atoms with Crippen LogP contribution in [0.2, 0.25) is 0 Å². The van der Waals surface area contributed by atoms with Crippen molar-refractivity contribution in [2.75, 3.05) is 13.2 Å². The summed E-state index contributed by atoms with van der Waals surface area (Å²) < 4.78 is 24.0. The summed E-state index contributed by atoms with van der Waals surface area (Å²) in [5.74, 6) is 1.06. The van der Waals surface area contributed by atoms with Gasteiger partial charge in [0.1, 0.15) is 30.5 Å². The van der Waals surface area contributed by atoms with Gasteiger partial charge in [-0.3, -0.25) is 0 Å². The standard InChI is InChI=1S/C16H14FNO2/c1-12-10-15(6-7-16(12)17)20-9-8-19-14-4-2-13(11-18)3-5-14/h2-7,10H,8-9H2,1H3. The zero-order valence-corrected chi connectivity index (χ0v) is 11.1. The average molecular weight is 271 g/mol. The summed E-state index contributed by atoms with van der Waals surface area (Å²) in [7, 11) is 0. The van der Waals surface area contributed by atoms with Crippen molar-refractivity contribution in [1.29, 1.82) is 5.26 Å². The lowest BCUT2D eigenvalue weighted by atomic mass is 10.2. The number of hydrogen-bond acceptors (Lipinski definition) is 3. The third kappa shape index (κ3) is 3.72. The van der Waals surface area contributed by atoms with Gasteiger partial charge in [-0.15, -0.1) is 0 Å². The second-order valence-electron chi connectivity index (χ2n) is 4.24. The molecule has 0 radical (unpaired) electrons. The molecular formula is C16H14FNO2. The molecule has 102 valence electrons. The van der Waals surface area contributed by atoms with Crippen molar-refractivity contribution in [3.05, 3.63) is 59.4 Å². The Bertz CT molecular complexity index is 617. The van der Waals surface area contributed by atoms with E-state index in [1.807, 2.05) is 6.07 Å². The van der Waals surface area contributed by atoms with Crippen LogP contribution >= 0.6 is 0 Å². The van der Waals surface area contributed by atoms with Crippen molar-refractivity contribution in [3.8, 4) is 17.6 Å². The summed E-state index contributed by atoms with van der Waals surface area (Å²) in [6.45, 7) is 2.43. The van der Waals surface area contributed by atoms with Crippen LogP contribution in [0, 0.1) is 24.1 Å². The third-order valence-corrected chi connectivity index (χ3v) is 2.73. The number of ether oxygens (including phenoxy) is 2. The number of nitrogens with zero attached hydrogens (tertiary/aromatic N) is 1. The molecule has 0 fully saturated rings. The van der Waals surface area contributed by atoms with Crippen LogP contribution in [0.1, 0.15) is 11.1 Å². The first kappa shape index (κ1) is 13.9. The minimum atomic E-state index is -0.244. The Morgan fingerprint density at radius 2 is 1.60 bits per heavy atom. The van der Waals surface area contributed by atoms with Gasteiger partial charge in [-0.2, -0.15) is 5.26 Å². The summed E-state index contributed by atoms with van der Waals surface area (Å²) in [5.41, 5.74) is 1.14. The van der Waals surface area contributed by atoms with E-state index >= 15 is 0 Å². The van der Waals surface area contributed by atoms with Crippen molar-refractivity contribution in [1.82, 2.24) is 0 Å². The van der Waals surface area contributed by atoms with Gasteiger partial charge in [0.15, 0.2) is 0 Å². The van der Waals surface area contributed by atoms with Gasteiger partial charge in [0.25, 0.3) is 0 Å². The first-order valence-corrected chi connectivity index (χ1v) is 6.21. The maximum atomic E-state index is 13.1. The summed E-state index contributed by atoms with van der Waals surface area (Å²) in [4.78, 5) is 0. The Kier molecular flexibility index (Phi) is 4.56. The number of rotatable bonds is 5. The van der Waals surface area contributed by atoms with Gasteiger partial charge in [0.05, 0.1) is 11.6 Å². The zero-order valence-electron chi connectivity index (χ0n) is 11.1. The van der Waals surface area contributed by atoms with Crippen molar-refractivity contribution in [3.63, 3.8) is 0 Å². The molecule has 0 aliphatic heterocycles. The molecule has 0 amide bonds. The van der Waals surface area contributed by atoms with Gasteiger partial charge in [-0.05, 0) is 55.0 Å². The molecule has 0 N–H and O–H groups in total. The molecule has 4 heteroatoms. The summed E-state index contributed by atoms with van der Waals surface area (Å²) in [6.07, 6.45) is 0. The normalized spacial score (nSPS) is 9.85. The third-order valence-electron chi connectivity index (χ3n) is 2.73. The molecule has 2 aromatic rings. The van der Waals surface area contributed by atoms with Gasteiger partial charge in [-0.1, -0.05) is 0 Å². The van der Waals surface area contributed by atoms with E-state index in [0.29, 0.717) is 35.8 Å². The van der Waals surface area contributed by atoms with Gasteiger partial charge < -0.3 is 9.47 Å². The highest BCUT2D eigenvalue weighted by atomic mass is 19.1. The van der Waals surface area contributed by atoms with Crippen molar-refractivity contribution >= 4 is 0 Å². The fourth-order valence-electron chi connectivity index (χ4n) is 1.65. The molecule has 0 saturated heterocycles. The molecule has 0 unspecified atom stereocenters. The van der Waals surface area contributed by atoms with Crippen LogP contribution in [-0.4, -0.2) is 13.2 Å². The highest BCUT2D eigenvalue weighted by Crippen LogP contribution is 2.16. The van der Waals surface area contributed by atoms with Crippen LogP contribution in [0.15, 0.2) is 42.5 Å². The Labute approximate surface area is 117 Å². The zero-order chi connectivity index (χ0) is 14.4. The van der Waals surface area contributed by atoms with Gasteiger partial charge in [-0.25, -0.2) is 4.39 Å². The van der Waals surface area contributed by atoms with Crippen LogP contribution in [0.4, 0.5) is 4.39 Å². The smallest absolute Gasteiger partial charge is 0.126 e. The first-order chi connectivity index (χ1) is 9.69. The predicted molar refractivity (Wildman–Crippen MR) is 73.3 cm³/mol. The molecule has 0 aliphatic carbocycles. The lowest BCUT2D eigenvalue weighted by molar-refractivity contribution is 0.217. The minimum Gasteiger partial charge on any atom is -0.490 e. The maximum Gasteiger partial charge on any atom is 0.126 e. The van der Waals surface area contributed by atoms with E-state index in [0.717, 1.165) is 0 Å². The summed E-state index contributed by atoms with van der Waals surface area (Å²) in [5, 5.41) is 8.67. The topological polar surface area (TPSA) is 42.2 Å². The molecular weight excluding hydrogens is 257 g/mol. The highest BCUT2D eigenvalue weighted by Gasteiger charge is 2.00. The van der Waals surface area contributed by atoms with Crippen LogP contribution in [0.3, 0.4) is 0 Å². The molecule has 0 atom stereocenters. The summed E-state index contributed by atoms with van der Waals surface area (Å²) >= 11 is 0. The van der Waals surface area contributed by atoms with E-state index in [4.69, 9.17) is 14.7 Å². The molecule has 20 heavy (non-hydrogen) atoms. The lowest BCUT2D eigenvalue weighted by Gasteiger charge is -2.09. The molecule has 0 spiro atoms. The van der Waals surface area contributed by atoms with Crippen LogP contribution < -0.4 is 9.47 Å². The number of nitriles is 1. The maximum absolute atomic E-state index is 13.1. The van der Waals surface area contributed by atoms with Gasteiger partial charge >= 0.3 is 0 Å². The quantitative estimate of drug-likeness (QED) is 0.782. The van der Waals surface area contributed by atoms with E-state index in [1.165, 1.54) is 6.07 Å². The summed E-state index contributed by atoms with van der Waals surface area (Å²) in [6, 6.07) is 13.5. The molecule has 2 aromatic carbocycles. The molecule has 3 nitrogen and oxygen atoms in total. The molecule has 0 heterocycles. The van der Waals surface area contributed by atoms with Crippen LogP contribution in [0.5, 0.6) is 11.5 Å². The second-order valence-corrected chi connectivity index (χ2v) is 4.24. The fraction of sp³-hybridized carbons (Fsp3) is 0.188. The molecule has 0 bridgehead atoms. The highest BCUT2D eigenvalue weighted by molar-refractivity contribution is 5.34. The van der Waals surface area contributed by atoms with Gasteiger partial charge in [0, 0.05) is 0 Å². The van der Waals surface area contributed by atoms with Crippen molar-refractivity contribution in [2.24, 2.45) is 0 Å². The molecule has 0 saturated carbocycles. The average Bonchev–Trinajstić information content (AvgIpc) is 2.48. The monoisotopic (exact) mass is 271 g/mol. The lowest BCUT2D eigenvalue weighted by Crippen LogP contribution is -2.09. The number of benzene rings is 2. The fourth-order valence-corrected chi connectivity index (χ4v) is 1.65. The van der Waals surface area contributed by atoms with E-state index in [2.05, 4.69) is 0 Å². The van der Waals surface area contributed by atoms with Crippen LogP contribution in [-0.2, 0) is 0 Å². The molecule has 2 rings (SSSR count). The Hall–Kier alpha value is -2.54. The predicted octanol–water partition coefficient (Wildman–Crippen LogP) is 3.46. The van der Waals surface area contributed by atoms with Crippen molar-refractivity contribution in [2.45, 2.75) is 6.92 Å². The Morgan fingerprint density at radius 1 is 1.00 bits per heavy atom. The SMILES string of the molecule is Cc1cc(OCCOc2ccc(C#N)cc2)ccc1F. The van der Waals surface area contributed by atoms with E-state index in [9.17, 15) is 4.39 Å². The van der Waals surface area contributed by atoms with Gasteiger partial charge in [0.2, 0.25) is 0 Å². The minimum absolute atomic E-state index is 0.244. The largest absolute Gasteiger partial charge is 0.490 e. The number of aryl methyl sites for hydroxylation is 1. The van der Waals surface area contributed by atoms with Crippen LogP contribution in [0.25, 0.3) is 0 Å². The number of hydrogen-bond donors (Lipinski definition) is 0. The van der Waals surface area contributed by atoms with E-state index in [1.54, 1.807) is 43.3 Å².